The first-order chi connectivity index (χ1) is 7.23. The van der Waals surface area contributed by atoms with Crippen molar-refractivity contribution < 1.29 is 17.4 Å². The van der Waals surface area contributed by atoms with Crippen molar-refractivity contribution in [3.05, 3.63) is 30.3 Å². The molecule has 0 unspecified atom stereocenters. The monoisotopic (exact) mass is 266 g/mol. The third-order valence-electron chi connectivity index (χ3n) is 1.83. The molecule has 0 fully saturated rings. The first kappa shape index (κ1) is 16.6. The van der Waals surface area contributed by atoms with E-state index in [9.17, 15) is 13.2 Å². The number of rotatable bonds is 2. The molecule has 6 heteroatoms. The summed E-state index contributed by atoms with van der Waals surface area (Å²) in [6.45, 7) is 4.78. The number of hydrogen-bond donors (Lipinski definition) is 0. The van der Waals surface area contributed by atoms with Gasteiger partial charge in [-0.2, -0.15) is 8.42 Å². The van der Waals surface area contributed by atoms with Gasteiger partial charge >= 0.3 is 45.6 Å². The van der Waals surface area contributed by atoms with Crippen molar-refractivity contribution >= 4 is 45.6 Å². The van der Waals surface area contributed by atoms with Gasteiger partial charge in [0.05, 0.1) is 5.41 Å². The van der Waals surface area contributed by atoms with Crippen LogP contribution in [0.5, 0.6) is 0 Å². The summed E-state index contributed by atoms with van der Waals surface area (Å²) in [5, 5.41) is 0. The van der Waals surface area contributed by atoms with E-state index in [-0.39, 0.29) is 34.5 Å². The van der Waals surface area contributed by atoms with E-state index < -0.39 is 21.5 Å². The Morgan fingerprint density at radius 3 is 2.00 bits per heavy atom. The fourth-order valence-corrected chi connectivity index (χ4v) is 1.90. The number of carbonyl (C=O) groups is 1. The van der Waals surface area contributed by atoms with Crippen molar-refractivity contribution in [2.24, 2.45) is 5.41 Å². The summed E-state index contributed by atoms with van der Waals surface area (Å²) in [6, 6.07) is 7.58. The van der Waals surface area contributed by atoms with Crippen molar-refractivity contribution in [3.63, 3.8) is 0 Å². The van der Waals surface area contributed by atoms with Crippen molar-refractivity contribution in [3.8, 4) is 0 Å². The summed E-state index contributed by atoms with van der Waals surface area (Å²) in [5.41, 5.74) is -0.845. The van der Waals surface area contributed by atoms with Gasteiger partial charge in [-0.15, -0.1) is 0 Å². The molecular formula is C11H15NaO4S. The van der Waals surface area contributed by atoms with Gasteiger partial charge in [0.15, 0.2) is 0 Å². The van der Waals surface area contributed by atoms with Crippen LogP contribution in [0, 0.1) is 5.41 Å². The first-order valence-corrected chi connectivity index (χ1v) is 6.18. The number of hydrogen-bond acceptors (Lipinski definition) is 4. The predicted molar refractivity (Wildman–Crippen MR) is 66.3 cm³/mol. The first-order valence-electron chi connectivity index (χ1n) is 4.77. The standard InChI is InChI=1S/C11H14O4S.Na.H/c1-11(2,3)10(12)15-16(13,14)9-7-5-4-6-8-9;;/h4-8H,1-3H3;;. The van der Waals surface area contributed by atoms with Crippen LogP contribution in [0.15, 0.2) is 35.2 Å². The van der Waals surface area contributed by atoms with Crippen molar-refractivity contribution in [2.75, 3.05) is 0 Å². The van der Waals surface area contributed by atoms with E-state index in [1.165, 1.54) is 12.1 Å². The van der Waals surface area contributed by atoms with Gasteiger partial charge in [-0.05, 0) is 32.9 Å². The zero-order chi connectivity index (χ0) is 12.4. The zero-order valence-electron chi connectivity index (χ0n) is 9.43. The van der Waals surface area contributed by atoms with Crippen molar-refractivity contribution in [2.45, 2.75) is 25.7 Å². The fourth-order valence-electron chi connectivity index (χ4n) is 0.860. The van der Waals surface area contributed by atoms with Gasteiger partial charge in [-0.25, -0.2) is 0 Å². The van der Waals surface area contributed by atoms with Crippen LogP contribution in [0.1, 0.15) is 20.8 Å². The molecule has 0 aliphatic carbocycles. The van der Waals surface area contributed by atoms with E-state index in [1.807, 2.05) is 0 Å². The maximum atomic E-state index is 11.6. The Hall–Kier alpha value is -0.360. The van der Waals surface area contributed by atoms with Crippen LogP contribution in [0.3, 0.4) is 0 Å². The minimum atomic E-state index is -3.99. The molecule has 0 aromatic heterocycles. The maximum absolute atomic E-state index is 11.6. The molecule has 0 aliphatic rings. The van der Waals surface area contributed by atoms with Gasteiger partial charge < -0.3 is 4.18 Å². The van der Waals surface area contributed by atoms with Gasteiger partial charge in [-0.1, -0.05) is 18.2 Å². The minimum absolute atomic E-state index is 0. The molecule has 4 nitrogen and oxygen atoms in total. The molecule has 17 heavy (non-hydrogen) atoms. The van der Waals surface area contributed by atoms with Gasteiger partial charge in [0.1, 0.15) is 4.90 Å². The van der Waals surface area contributed by atoms with Crippen LogP contribution in [0.4, 0.5) is 0 Å². The molecule has 0 aliphatic heterocycles. The second-order valence-corrected chi connectivity index (χ2v) is 5.93. The summed E-state index contributed by atoms with van der Waals surface area (Å²) in [5.74, 6) is -0.767. The second kappa shape index (κ2) is 6.00. The molecule has 0 spiro atoms. The molecular weight excluding hydrogens is 251 g/mol. The van der Waals surface area contributed by atoms with E-state index >= 15 is 0 Å². The summed E-state index contributed by atoms with van der Waals surface area (Å²) >= 11 is 0. The molecule has 0 heterocycles. The normalized spacial score (nSPS) is 11.5. The average molecular weight is 266 g/mol. The van der Waals surface area contributed by atoms with Gasteiger partial charge in [0, 0.05) is 0 Å². The molecule has 1 aromatic carbocycles. The van der Waals surface area contributed by atoms with E-state index in [2.05, 4.69) is 4.18 Å². The summed E-state index contributed by atoms with van der Waals surface area (Å²) in [6.07, 6.45) is 0. The van der Waals surface area contributed by atoms with Crippen molar-refractivity contribution in [1.29, 1.82) is 0 Å². The fraction of sp³-hybridized carbons (Fsp3) is 0.364. The molecule has 0 atom stereocenters. The van der Waals surface area contributed by atoms with E-state index in [1.54, 1.807) is 39.0 Å². The third-order valence-corrected chi connectivity index (χ3v) is 3.05. The van der Waals surface area contributed by atoms with Crippen LogP contribution >= 0.6 is 0 Å². The average Bonchev–Trinajstić information content (AvgIpc) is 2.17. The summed E-state index contributed by atoms with van der Waals surface area (Å²) < 4.78 is 27.8. The van der Waals surface area contributed by atoms with Crippen LogP contribution in [0.25, 0.3) is 0 Å². The quantitative estimate of drug-likeness (QED) is 0.598. The van der Waals surface area contributed by atoms with E-state index in [0.29, 0.717) is 0 Å². The molecule has 0 bridgehead atoms. The Morgan fingerprint density at radius 1 is 1.12 bits per heavy atom. The second-order valence-electron chi connectivity index (χ2n) is 4.39. The predicted octanol–water partition coefficient (Wildman–Crippen LogP) is 1.32. The SMILES string of the molecule is CC(C)(C)C(=O)OS(=O)(=O)c1ccccc1.[NaH]. The molecule has 0 radical (unpaired) electrons. The summed E-state index contributed by atoms with van der Waals surface area (Å²) in [4.78, 5) is 11.4. The molecule has 0 N–H and O–H groups in total. The number of carbonyl (C=O) groups excluding carboxylic acids is 1. The van der Waals surface area contributed by atoms with Crippen molar-refractivity contribution in [1.82, 2.24) is 0 Å². The summed E-state index contributed by atoms with van der Waals surface area (Å²) in [7, 11) is -3.99. The van der Waals surface area contributed by atoms with Crippen LogP contribution in [-0.2, 0) is 19.1 Å². The Labute approximate surface area is 124 Å². The van der Waals surface area contributed by atoms with Gasteiger partial charge in [0.25, 0.3) is 0 Å². The van der Waals surface area contributed by atoms with Crippen LogP contribution in [0.2, 0.25) is 0 Å². The molecule has 1 aromatic rings. The Kier molecular flexibility index (Phi) is 5.87. The Balaban J connectivity index is 0.00000256. The Bertz CT molecular complexity index is 474. The van der Waals surface area contributed by atoms with Gasteiger partial charge in [0.2, 0.25) is 0 Å². The molecule has 0 amide bonds. The zero-order valence-corrected chi connectivity index (χ0v) is 10.2. The van der Waals surface area contributed by atoms with E-state index in [0.717, 1.165) is 0 Å². The Morgan fingerprint density at radius 2 is 1.59 bits per heavy atom. The van der Waals surface area contributed by atoms with Crippen LogP contribution in [-0.4, -0.2) is 43.9 Å². The topological polar surface area (TPSA) is 60.4 Å². The molecule has 0 saturated carbocycles. The van der Waals surface area contributed by atoms with Crippen LogP contribution < -0.4 is 0 Å². The third kappa shape index (κ3) is 4.79. The molecule has 1 rings (SSSR count). The van der Waals surface area contributed by atoms with E-state index in [4.69, 9.17) is 0 Å². The molecule has 90 valence electrons. The molecule has 0 saturated heterocycles. The van der Waals surface area contributed by atoms with Gasteiger partial charge in [-0.3, -0.25) is 4.79 Å². The number of benzene rings is 1.